The summed E-state index contributed by atoms with van der Waals surface area (Å²) in [5.74, 6) is 0.652. The molecule has 2 unspecified atom stereocenters. The molecule has 0 aliphatic carbocycles. The Kier molecular flexibility index (Phi) is 6.26. The molecule has 0 aromatic carbocycles. The summed E-state index contributed by atoms with van der Waals surface area (Å²) in [6.07, 6.45) is 3.49. The summed E-state index contributed by atoms with van der Waals surface area (Å²) in [4.78, 5) is 13.8. The van der Waals surface area contributed by atoms with Gasteiger partial charge in [0.15, 0.2) is 0 Å². The number of carbonyl (C=O) groups is 1. The first-order valence-electron chi connectivity index (χ1n) is 6.80. The predicted molar refractivity (Wildman–Crippen MR) is 77.8 cm³/mol. The van der Waals surface area contributed by atoms with Gasteiger partial charge in [-0.2, -0.15) is 0 Å². The van der Waals surface area contributed by atoms with Crippen molar-refractivity contribution in [2.75, 3.05) is 31.6 Å². The van der Waals surface area contributed by atoms with Crippen LogP contribution in [0, 0.1) is 0 Å². The smallest absolute Gasteiger partial charge is 0.410 e. The lowest BCUT2D eigenvalue weighted by molar-refractivity contribution is 0.0227. The number of amides is 1. The van der Waals surface area contributed by atoms with E-state index < -0.39 is 16.4 Å². The molecule has 5 nitrogen and oxygen atoms in total. The van der Waals surface area contributed by atoms with Crippen LogP contribution in [0.25, 0.3) is 0 Å². The molecule has 6 heteroatoms. The van der Waals surface area contributed by atoms with Crippen molar-refractivity contribution in [2.45, 2.75) is 45.3 Å². The number of carbonyl (C=O) groups excluding carboxylic acids is 1. The first kappa shape index (κ1) is 16.4. The van der Waals surface area contributed by atoms with Gasteiger partial charge in [-0.15, -0.1) is 0 Å². The molecular formula is C13H26N2O3S. The normalized spacial score (nSPS) is 21.5. The van der Waals surface area contributed by atoms with Crippen LogP contribution in [0.4, 0.5) is 4.79 Å². The zero-order valence-electron chi connectivity index (χ0n) is 12.4. The molecule has 1 N–H and O–H groups in total. The van der Waals surface area contributed by atoms with Crippen LogP contribution in [0.2, 0.25) is 0 Å². The Morgan fingerprint density at radius 2 is 2.16 bits per heavy atom. The molecule has 0 aromatic rings. The summed E-state index contributed by atoms with van der Waals surface area (Å²) in [5.41, 5.74) is -0.448. The van der Waals surface area contributed by atoms with Crippen molar-refractivity contribution in [3.63, 3.8) is 0 Å². The lowest BCUT2D eigenvalue weighted by Crippen LogP contribution is -2.44. The van der Waals surface area contributed by atoms with E-state index >= 15 is 0 Å². The molecule has 1 aliphatic heterocycles. The molecule has 0 radical (unpaired) electrons. The lowest BCUT2D eigenvalue weighted by Gasteiger charge is -2.28. The molecule has 0 aromatic heterocycles. The summed E-state index contributed by atoms with van der Waals surface area (Å²) in [7, 11) is -0.767. The molecule has 0 saturated carbocycles. The first-order valence-corrected chi connectivity index (χ1v) is 8.52. The Balaban J connectivity index is 2.37. The molecule has 19 heavy (non-hydrogen) atoms. The van der Waals surface area contributed by atoms with Gasteiger partial charge in [-0.05, 0) is 33.6 Å². The van der Waals surface area contributed by atoms with E-state index in [1.54, 1.807) is 11.2 Å². The number of ether oxygens (including phenoxy) is 1. The van der Waals surface area contributed by atoms with Gasteiger partial charge in [0.05, 0.1) is 0 Å². The highest BCUT2D eigenvalue weighted by Gasteiger charge is 2.31. The summed E-state index contributed by atoms with van der Waals surface area (Å²) in [6.45, 7) is 7.87. The third-order valence-corrected chi connectivity index (χ3v) is 3.73. The molecule has 1 fully saturated rings. The lowest BCUT2D eigenvalue weighted by atomic mass is 10.2. The maximum absolute atomic E-state index is 12.0. The van der Waals surface area contributed by atoms with Gasteiger partial charge in [0.1, 0.15) is 5.60 Å². The number of hydrogen-bond acceptors (Lipinski definition) is 4. The molecule has 1 amide bonds. The van der Waals surface area contributed by atoms with Crippen LogP contribution in [0.1, 0.15) is 33.6 Å². The van der Waals surface area contributed by atoms with Gasteiger partial charge in [0.25, 0.3) is 0 Å². The zero-order chi connectivity index (χ0) is 14.5. The van der Waals surface area contributed by atoms with Crippen LogP contribution in [0.3, 0.4) is 0 Å². The Labute approximate surface area is 118 Å². The van der Waals surface area contributed by atoms with Crippen molar-refractivity contribution in [3.8, 4) is 0 Å². The SMILES string of the molecule is CS(=O)CCNCC1CCCN1C(=O)OC(C)(C)C. The van der Waals surface area contributed by atoms with Crippen molar-refractivity contribution in [3.05, 3.63) is 0 Å². The Morgan fingerprint density at radius 1 is 1.47 bits per heavy atom. The first-order chi connectivity index (χ1) is 8.79. The highest BCUT2D eigenvalue weighted by atomic mass is 32.2. The van der Waals surface area contributed by atoms with E-state index in [0.29, 0.717) is 5.75 Å². The summed E-state index contributed by atoms with van der Waals surface area (Å²) < 4.78 is 16.4. The molecule has 1 saturated heterocycles. The number of nitrogens with zero attached hydrogens (tertiary/aromatic N) is 1. The summed E-state index contributed by atoms with van der Waals surface area (Å²) in [5, 5.41) is 3.26. The quantitative estimate of drug-likeness (QED) is 0.777. The molecular weight excluding hydrogens is 264 g/mol. The third-order valence-electron chi connectivity index (χ3n) is 2.95. The number of nitrogens with one attached hydrogen (secondary N) is 1. The number of likely N-dealkylation sites (tertiary alicyclic amines) is 1. The number of rotatable bonds is 5. The van der Waals surface area contributed by atoms with Gasteiger partial charge in [-0.1, -0.05) is 0 Å². The second-order valence-electron chi connectivity index (χ2n) is 5.95. The van der Waals surface area contributed by atoms with E-state index in [4.69, 9.17) is 4.74 Å². The van der Waals surface area contributed by atoms with Crippen molar-refractivity contribution >= 4 is 16.9 Å². The van der Waals surface area contributed by atoms with Gasteiger partial charge in [0.2, 0.25) is 0 Å². The second-order valence-corrected chi connectivity index (χ2v) is 7.51. The maximum Gasteiger partial charge on any atom is 0.410 e. The van der Waals surface area contributed by atoms with Crippen LogP contribution >= 0.6 is 0 Å². The predicted octanol–water partition coefficient (Wildman–Crippen LogP) is 1.35. The highest BCUT2D eigenvalue weighted by Crippen LogP contribution is 2.20. The second kappa shape index (κ2) is 7.24. The van der Waals surface area contributed by atoms with E-state index in [9.17, 15) is 9.00 Å². The molecule has 2 atom stereocenters. The van der Waals surface area contributed by atoms with Gasteiger partial charge < -0.3 is 15.0 Å². The molecule has 1 heterocycles. The van der Waals surface area contributed by atoms with Crippen LogP contribution in [0.15, 0.2) is 0 Å². The fraction of sp³-hybridized carbons (Fsp3) is 0.923. The summed E-state index contributed by atoms with van der Waals surface area (Å²) >= 11 is 0. The van der Waals surface area contributed by atoms with Gasteiger partial charge >= 0.3 is 6.09 Å². The van der Waals surface area contributed by atoms with E-state index in [1.165, 1.54) is 0 Å². The van der Waals surface area contributed by atoms with Crippen LogP contribution in [0.5, 0.6) is 0 Å². The van der Waals surface area contributed by atoms with Gasteiger partial charge in [-0.25, -0.2) is 4.79 Å². The topological polar surface area (TPSA) is 58.6 Å². The maximum atomic E-state index is 12.0. The molecule has 1 rings (SSSR count). The van der Waals surface area contributed by atoms with Crippen molar-refractivity contribution < 1.29 is 13.7 Å². The molecule has 1 aliphatic rings. The van der Waals surface area contributed by atoms with Crippen molar-refractivity contribution in [1.29, 1.82) is 0 Å². The fourth-order valence-electron chi connectivity index (χ4n) is 2.09. The average Bonchev–Trinajstić information content (AvgIpc) is 2.69. The van der Waals surface area contributed by atoms with Gasteiger partial charge in [-0.3, -0.25) is 4.21 Å². The van der Waals surface area contributed by atoms with Crippen LogP contribution < -0.4 is 5.32 Å². The van der Waals surface area contributed by atoms with Gasteiger partial charge in [0, 0.05) is 48.5 Å². The van der Waals surface area contributed by atoms with Crippen molar-refractivity contribution in [2.24, 2.45) is 0 Å². The third kappa shape index (κ3) is 6.38. The minimum Gasteiger partial charge on any atom is -0.444 e. The average molecular weight is 290 g/mol. The molecule has 0 spiro atoms. The van der Waals surface area contributed by atoms with E-state index in [2.05, 4.69) is 5.32 Å². The highest BCUT2D eigenvalue weighted by molar-refractivity contribution is 7.84. The van der Waals surface area contributed by atoms with E-state index in [1.807, 2.05) is 20.8 Å². The summed E-state index contributed by atoms with van der Waals surface area (Å²) in [6, 6.07) is 0.195. The zero-order valence-corrected chi connectivity index (χ0v) is 13.2. The fourth-order valence-corrected chi connectivity index (χ4v) is 2.53. The van der Waals surface area contributed by atoms with Crippen LogP contribution in [-0.2, 0) is 15.5 Å². The molecule has 112 valence electrons. The van der Waals surface area contributed by atoms with E-state index in [0.717, 1.165) is 32.5 Å². The monoisotopic (exact) mass is 290 g/mol. The Morgan fingerprint density at radius 3 is 2.74 bits per heavy atom. The Hall–Kier alpha value is -0.620. The number of hydrogen-bond donors (Lipinski definition) is 1. The molecule has 0 bridgehead atoms. The largest absolute Gasteiger partial charge is 0.444 e. The van der Waals surface area contributed by atoms with Crippen LogP contribution in [-0.4, -0.2) is 58.5 Å². The minimum absolute atomic E-state index is 0.195. The standard InChI is InChI=1S/C13H26N2O3S/c1-13(2,3)18-12(16)15-8-5-6-11(15)10-14-7-9-19(4)17/h11,14H,5-10H2,1-4H3. The van der Waals surface area contributed by atoms with Crippen molar-refractivity contribution in [1.82, 2.24) is 10.2 Å². The Bertz CT molecular complexity index is 328. The minimum atomic E-state index is -0.767. The van der Waals surface area contributed by atoms with E-state index in [-0.39, 0.29) is 12.1 Å².